The second-order valence-corrected chi connectivity index (χ2v) is 7.63. The average molecular weight is 331 g/mol. The van der Waals surface area contributed by atoms with Crippen LogP contribution in [0.5, 0.6) is 0 Å². The molecule has 4 rings (SSSR count). The quantitative estimate of drug-likeness (QED) is 0.855. The number of ether oxygens (including phenoxy) is 1. The predicted octanol–water partition coefficient (Wildman–Crippen LogP) is 3.90. The SMILES string of the molecule is CCc1nc(N2CCC(C3CCOCC3)CC2)c2ccsc2n1. The number of piperidine rings is 1. The fourth-order valence-electron chi connectivity index (χ4n) is 4.05. The fourth-order valence-corrected chi connectivity index (χ4v) is 4.83. The Bertz CT molecular complexity index is 657. The summed E-state index contributed by atoms with van der Waals surface area (Å²) in [5.41, 5.74) is 0. The summed E-state index contributed by atoms with van der Waals surface area (Å²) in [6, 6.07) is 2.18. The molecular formula is C18H25N3OS. The number of rotatable bonds is 3. The van der Waals surface area contributed by atoms with Gasteiger partial charge in [0.2, 0.25) is 0 Å². The molecule has 2 aromatic heterocycles. The topological polar surface area (TPSA) is 38.2 Å². The molecule has 23 heavy (non-hydrogen) atoms. The van der Waals surface area contributed by atoms with E-state index in [2.05, 4.69) is 28.3 Å². The van der Waals surface area contributed by atoms with Crippen molar-refractivity contribution < 1.29 is 4.74 Å². The second kappa shape index (κ2) is 6.73. The van der Waals surface area contributed by atoms with Gasteiger partial charge in [0.1, 0.15) is 16.5 Å². The third kappa shape index (κ3) is 3.09. The van der Waals surface area contributed by atoms with E-state index in [-0.39, 0.29) is 0 Å². The molecule has 0 radical (unpaired) electrons. The van der Waals surface area contributed by atoms with Gasteiger partial charge >= 0.3 is 0 Å². The molecule has 0 bridgehead atoms. The minimum Gasteiger partial charge on any atom is -0.381 e. The molecule has 0 amide bonds. The smallest absolute Gasteiger partial charge is 0.141 e. The van der Waals surface area contributed by atoms with E-state index in [0.717, 1.165) is 55.2 Å². The number of aryl methyl sites for hydroxylation is 1. The van der Waals surface area contributed by atoms with Gasteiger partial charge in [0.05, 0.1) is 5.39 Å². The summed E-state index contributed by atoms with van der Waals surface area (Å²) in [6.45, 7) is 6.33. The molecule has 2 aliphatic heterocycles. The Kier molecular flexibility index (Phi) is 4.49. The van der Waals surface area contributed by atoms with Crippen molar-refractivity contribution in [2.45, 2.75) is 39.0 Å². The summed E-state index contributed by atoms with van der Waals surface area (Å²) < 4.78 is 5.52. The van der Waals surface area contributed by atoms with E-state index in [1.165, 1.54) is 36.9 Å². The molecule has 0 aliphatic carbocycles. The number of nitrogens with zero attached hydrogens (tertiary/aromatic N) is 3. The van der Waals surface area contributed by atoms with Crippen LogP contribution in [0, 0.1) is 11.8 Å². The molecule has 0 saturated carbocycles. The molecule has 2 aliphatic rings. The van der Waals surface area contributed by atoms with Crippen LogP contribution in [0.3, 0.4) is 0 Å². The monoisotopic (exact) mass is 331 g/mol. The zero-order chi connectivity index (χ0) is 15.6. The lowest BCUT2D eigenvalue weighted by Gasteiger charge is -2.38. The molecule has 2 fully saturated rings. The summed E-state index contributed by atoms with van der Waals surface area (Å²) in [7, 11) is 0. The van der Waals surface area contributed by atoms with Crippen molar-refractivity contribution in [2.24, 2.45) is 11.8 Å². The Morgan fingerprint density at radius 2 is 1.87 bits per heavy atom. The van der Waals surface area contributed by atoms with Crippen molar-refractivity contribution in [3.63, 3.8) is 0 Å². The first kappa shape index (κ1) is 15.3. The van der Waals surface area contributed by atoms with Gasteiger partial charge in [0.15, 0.2) is 0 Å². The van der Waals surface area contributed by atoms with Gasteiger partial charge in [-0.05, 0) is 49.0 Å². The minimum absolute atomic E-state index is 0.876. The van der Waals surface area contributed by atoms with Gasteiger partial charge in [-0.25, -0.2) is 9.97 Å². The predicted molar refractivity (Wildman–Crippen MR) is 95.3 cm³/mol. The number of hydrogen-bond donors (Lipinski definition) is 0. The number of anilines is 1. The highest BCUT2D eigenvalue weighted by atomic mass is 32.1. The third-order valence-electron chi connectivity index (χ3n) is 5.44. The Morgan fingerprint density at radius 3 is 2.61 bits per heavy atom. The molecule has 0 N–H and O–H groups in total. The zero-order valence-corrected chi connectivity index (χ0v) is 14.6. The van der Waals surface area contributed by atoms with E-state index in [0.29, 0.717) is 0 Å². The summed E-state index contributed by atoms with van der Waals surface area (Å²) in [5.74, 6) is 3.89. The molecular weight excluding hydrogens is 306 g/mol. The summed E-state index contributed by atoms with van der Waals surface area (Å²) in [4.78, 5) is 13.1. The van der Waals surface area contributed by atoms with E-state index < -0.39 is 0 Å². The van der Waals surface area contributed by atoms with Gasteiger partial charge in [-0.3, -0.25) is 0 Å². The van der Waals surface area contributed by atoms with Crippen LogP contribution in [0.2, 0.25) is 0 Å². The lowest BCUT2D eigenvalue weighted by Crippen LogP contribution is -2.38. The first-order valence-electron chi connectivity index (χ1n) is 8.92. The standard InChI is InChI=1S/C18H25N3OS/c1-2-16-19-17(15-7-12-23-18(15)20-16)21-8-3-13(4-9-21)14-5-10-22-11-6-14/h7,12-14H,2-6,8-11H2,1H3. The van der Waals surface area contributed by atoms with Gasteiger partial charge in [0.25, 0.3) is 0 Å². The molecule has 0 spiro atoms. The van der Waals surface area contributed by atoms with Crippen molar-refractivity contribution >= 4 is 27.4 Å². The molecule has 0 unspecified atom stereocenters. The van der Waals surface area contributed by atoms with Crippen LogP contribution in [0.4, 0.5) is 5.82 Å². The Morgan fingerprint density at radius 1 is 1.13 bits per heavy atom. The first-order valence-corrected chi connectivity index (χ1v) is 9.80. The molecule has 4 nitrogen and oxygen atoms in total. The maximum Gasteiger partial charge on any atom is 0.141 e. The van der Waals surface area contributed by atoms with Gasteiger partial charge in [-0.1, -0.05) is 6.92 Å². The van der Waals surface area contributed by atoms with Gasteiger partial charge in [-0.15, -0.1) is 11.3 Å². The van der Waals surface area contributed by atoms with E-state index in [9.17, 15) is 0 Å². The Balaban J connectivity index is 1.50. The van der Waals surface area contributed by atoms with E-state index in [1.807, 2.05) is 0 Å². The van der Waals surface area contributed by atoms with E-state index in [1.54, 1.807) is 11.3 Å². The third-order valence-corrected chi connectivity index (χ3v) is 6.25. The molecule has 4 heterocycles. The second-order valence-electron chi connectivity index (χ2n) is 6.73. The van der Waals surface area contributed by atoms with Crippen molar-refractivity contribution in [3.05, 3.63) is 17.3 Å². The Labute approximate surface area is 141 Å². The van der Waals surface area contributed by atoms with Crippen molar-refractivity contribution in [1.82, 2.24) is 9.97 Å². The summed E-state index contributed by atoms with van der Waals surface area (Å²) in [5, 5.41) is 3.37. The number of thiophene rings is 1. The zero-order valence-electron chi connectivity index (χ0n) is 13.8. The van der Waals surface area contributed by atoms with Crippen molar-refractivity contribution in [1.29, 1.82) is 0 Å². The number of hydrogen-bond acceptors (Lipinski definition) is 5. The van der Waals surface area contributed by atoms with Crippen LogP contribution in [0.1, 0.15) is 38.4 Å². The van der Waals surface area contributed by atoms with Crippen LogP contribution < -0.4 is 4.90 Å². The van der Waals surface area contributed by atoms with Crippen molar-refractivity contribution in [3.8, 4) is 0 Å². The van der Waals surface area contributed by atoms with Crippen LogP contribution >= 0.6 is 11.3 Å². The van der Waals surface area contributed by atoms with Crippen LogP contribution in [0.25, 0.3) is 10.2 Å². The summed E-state index contributed by atoms with van der Waals surface area (Å²) in [6.07, 6.45) is 6.00. The van der Waals surface area contributed by atoms with Gasteiger partial charge in [-0.2, -0.15) is 0 Å². The number of fused-ring (bicyclic) bond motifs is 1. The van der Waals surface area contributed by atoms with Gasteiger partial charge < -0.3 is 9.64 Å². The fraction of sp³-hybridized carbons (Fsp3) is 0.667. The number of aromatic nitrogens is 2. The van der Waals surface area contributed by atoms with Crippen LogP contribution in [0.15, 0.2) is 11.4 Å². The lowest BCUT2D eigenvalue weighted by molar-refractivity contribution is 0.0418. The van der Waals surface area contributed by atoms with Crippen LogP contribution in [-0.2, 0) is 11.2 Å². The van der Waals surface area contributed by atoms with Crippen molar-refractivity contribution in [2.75, 3.05) is 31.2 Å². The molecule has 0 atom stereocenters. The first-order chi connectivity index (χ1) is 11.3. The van der Waals surface area contributed by atoms with Crippen LogP contribution in [-0.4, -0.2) is 36.3 Å². The summed E-state index contributed by atoms with van der Waals surface area (Å²) >= 11 is 1.73. The van der Waals surface area contributed by atoms with E-state index >= 15 is 0 Å². The molecule has 0 aromatic carbocycles. The molecule has 5 heteroatoms. The largest absolute Gasteiger partial charge is 0.381 e. The highest BCUT2D eigenvalue weighted by molar-refractivity contribution is 7.16. The lowest BCUT2D eigenvalue weighted by atomic mass is 9.80. The van der Waals surface area contributed by atoms with E-state index in [4.69, 9.17) is 9.72 Å². The maximum atomic E-state index is 5.52. The Hall–Kier alpha value is -1.20. The molecule has 2 saturated heterocycles. The maximum absolute atomic E-state index is 5.52. The normalized spacial score (nSPS) is 21.2. The molecule has 2 aromatic rings. The van der Waals surface area contributed by atoms with Gasteiger partial charge in [0, 0.05) is 32.7 Å². The highest BCUT2D eigenvalue weighted by Crippen LogP contribution is 2.35. The molecule has 124 valence electrons. The minimum atomic E-state index is 0.876. The average Bonchev–Trinajstić information content (AvgIpc) is 3.10. The highest BCUT2D eigenvalue weighted by Gasteiger charge is 2.29.